The summed E-state index contributed by atoms with van der Waals surface area (Å²) < 4.78 is 38.1. The van der Waals surface area contributed by atoms with E-state index >= 15 is 0 Å². The van der Waals surface area contributed by atoms with Gasteiger partial charge in [-0.25, -0.2) is 4.79 Å². The van der Waals surface area contributed by atoms with Crippen LogP contribution in [0.25, 0.3) is 11.1 Å². The molecule has 3 N–H and O–H groups in total. The lowest BCUT2D eigenvalue weighted by Gasteiger charge is -2.13. The summed E-state index contributed by atoms with van der Waals surface area (Å²) in [7, 11) is 0. The fourth-order valence-corrected chi connectivity index (χ4v) is 3.67. The van der Waals surface area contributed by atoms with E-state index in [0.29, 0.717) is 16.8 Å². The van der Waals surface area contributed by atoms with E-state index < -0.39 is 29.5 Å². The molecule has 2 amide bonds. The first kappa shape index (κ1) is 25.2. The van der Waals surface area contributed by atoms with Crippen LogP contribution in [-0.4, -0.2) is 22.9 Å². The Bertz CT molecular complexity index is 1460. The molecule has 0 aromatic heterocycles. The number of carbonyl (C=O) groups excluding carboxylic acids is 2. The van der Waals surface area contributed by atoms with Crippen molar-refractivity contribution in [2.75, 3.05) is 10.6 Å². The first-order valence-corrected chi connectivity index (χ1v) is 11.0. The Labute approximate surface area is 209 Å². The van der Waals surface area contributed by atoms with E-state index in [2.05, 4.69) is 10.6 Å². The van der Waals surface area contributed by atoms with Crippen LogP contribution in [0.5, 0.6) is 0 Å². The quantitative estimate of drug-likeness (QED) is 0.277. The minimum absolute atomic E-state index is 0.0613. The number of aromatic carboxylic acids is 1. The van der Waals surface area contributed by atoms with Crippen LogP contribution in [0, 0.1) is 0 Å². The number of carbonyl (C=O) groups is 3. The second-order valence-corrected chi connectivity index (χ2v) is 7.96. The number of nitrogens with one attached hydrogen (secondary N) is 2. The van der Waals surface area contributed by atoms with Crippen molar-refractivity contribution in [2.45, 2.75) is 6.18 Å². The average Bonchev–Trinajstić information content (AvgIpc) is 2.89. The third-order valence-corrected chi connectivity index (χ3v) is 5.49. The zero-order chi connectivity index (χ0) is 26.6. The van der Waals surface area contributed by atoms with E-state index in [1.54, 1.807) is 42.5 Å². The molecule has 0 atom stereocenters. The Kier molecular flexibility index (Phi) is 7.06. The van der Waals surface area contributed by atoms with E-state index in [1.807, 2.05) is 0 Å². The molecule has 0 bridgehead atoms. The van der Waals surface area contributed by atoms with Crippen molar-refractivity contribution in [1.82, 2.24) is 0 Å². The topological polar surface area (TPSA) is 95.5 Å². The number of rotatable bonds is 6. The predicted molar refractivity (Wildman–Crippen MR) is 133 cm³/mol. The fraction of sp³-hybridized carbons (Fsp3) is 0.0357. The molecule has 0 heterocycles. The van der Waals surface area contributed by atoms with Gasteiger partial charge in [-0.05, 0) is 71.8 Å². The highest BCUT2D eigenvalue weighted by molar-refractivity contribution is 6.10. The molecule has 37 heavy (non-hydrogen) atoms. The fourth-order valence-electron chi connectivity index (χ4n) is 3.67. The molecule has 0 aliphatic carbocycles. The number of alkyl halides is 3. The third kappa shape index (κ3) is 5.84. The number of halogens is 3. The average molecular weight is 504 g/mol. The zero-order valence-electron chi connectivity index (χ0n) is 19.0. The Morgan fingerprint density at radius 1 is 0.595 bits per heavy atom. The highest BCUT2D eigenvalue weighted by Crippen LogP contribution is 2.30. The van der Waals surface area contributed by atoms with Gasteiger partial charge in [0.05, 0.1) is 11.1 Å². The van der Waals surface area contributed by atoms with Crippen LogP contribution in [0.15, 0.2) is 97.1 Å². The molecule has 4 aromatic carbocycles. The van der Waals surface area contributed by atoms with Gasteiger partial charge in [0.15, 0.2) is 0 Å². The standard InChI is InChI=1S/C28H19F3N2O4/c29-28(30,31)18-11-15-20(16-12-18)32-25(34)17-9-13-19(14-10-17)33-26(35)23-7-3-1-5-21(23)22-6-2-4-8-24(22)27(36)37/h1-16H,(H,32,34)(H,33,35)(H,36,37). The second-order valence-electron chi connectivity index (χ2n) is 7.96. The number of carboxylic acids is 1. The summed E-state index contributed by atoms with van der Waals surface area (Å²) >= 11 is 0. The minimum atomic E-state index is -4.47. The first-order valence-electron chi connectivity index (χ1n) is 11.0. The van der Waals surface area contributed by atoms with Crippen LogP contribution < -0.4 is 10.6 Å². The highest BCUT2D eigenvalue weighted by atomic mass is 19.4. The molecule has 0 aliphatic heterocycles. The monoisotopic (exact) mass is 504 g/mol. The molecule has 0 spiro atoms. The maximum absolute atomic E-state index is 13.0. The van der Waals surface area contributed by atoms with E-state index in [-0.39, 0.29) is 22.4 Å². The number of hydrogen-bond donors (Lipinski definition) is 3. The zero-order valence-corrected chi connectivity index (χ0v) is 19.0. The number of benzene rings is 4. The number of amides is 2. The lowest BCUT2D eigenvalue weighted by atomic mass is 9.95. The van der Waals surface area contributed by atoms with Crippen molar-refractivity contribution in [2.24, 2.45) is 0 Å². The molecule has 0 fully saturated rings. The normalized spacial score (nSPS) is 11.0. The van der Waals surface area contributed by atoms with Gasteiger partial charge in [0.2, 0.25) is 0 Å². The molecular formula is C28H19F3N2O4. The van der Waals surface area contributed by atoms with Crippen molar-refractivity contribution in [1.29, 1.82) is 0 Å². The van der Waals surface area contributed by atoms with Gasteiger partial charge in [-0.15, -0.1) is 0 Å². The lowest BCUT2D eigenvalue weighted by Crippen LogP contribution is -2.15. The van der Waals surface area contributed by atoms with Gasteiger partial charge in [0.1, 0.15) is 0 Å². The van der Waals surface area contributed by atoms with Crippen molar-refractivity contribution >= 4 is 29.2 Å². The Morgan fingerprint density at radius 3 is 1.59 bits per heavy atom. The number of hydrogen-bond acceptors (Lipinski definition) is 3. The summed E-state index contributed by atoms with van der Waals surface area (Å²) in [6.07, 6.45) is -4.47. The largest absolute Gasteiger partial charge is 0.478 e. The van der Waals surface area contributed by atoms with Crippen LogP contribution in [-0.2, 0) is 6.18 Å². The van der Waals surface area contributed by atoms with Crippen LogP contribution in [0.1, 0.15) is 36.6 Å². The molecular weight excluding hydrogens is 485 g/mol. The molecule has 0 saturated carbocycles. The number of carboxylic acid groups (broad SMARTS) is 1. The van der Waals surface area contributed by atoms with Crippen LogP contribution in [0.3, 0.4) is 0 Å². The number of anilines is 2. The smallest absolute Gasteiger partial charge is 0.416 e. The van der Waals surface area contributed by atoms with Crippen LogP contribution >= 0.6 is 0 Å². The van der Waals surface area contributed by atoms with Crippen molar-refractivity contribution in [3.8, 4) is 11.1 Å². The summed E-state index contributed by atoms with van der Waals surface area (Å²) in [5.41, 5.74) is 1.17. The second kappa shape index (κ2) is 10.4. The van der Waals surface area contributed by atoms with Crippen molar-refractivity contribution in [3.05, 3.63) is 119 Å². The van der Waals surface area contributed by atoms with E-state index in [0.717, 1.165) is 24.3 Å². The van der Waals surface area contributed by atoms with Gasteiger partial charge in [-0.2, -0.15) is 13.2 Å². The van der Waals surface area contributed by atoms with Gasteiger partial charge in [0, 0.05) is 22.5 Å². The third-order valence-electron chi connectivity index (χ3n) is 5.49. The molecule has 0 aliphatic rings. The van der Waals surface area contributed by atoms with Crippen molar-refractivity contribution < 1.29 is 32.7 Å². The van der Waals surface area contributed by atoms with Crippen LogP contribution in [0.2, 0.25) is 0 Å². The van der Waals surface area contributed by atoms with E-state index in [9.17, 15) is 32.7 Å². The van der Waals surface area contributed by atoms with E-state index in [1.165, 1.54) is 30.3 Å². The summed E-state index contributed by atoms with van der Waals surface area (Å²) in [5.74, 6) is -2.12. The molecule has 0 unspecified atom stereocenters. The van der Waals surface area contributed by atoms with Gasteiger partial charge >= 0.3 is 12.1 Å². The Morgan fingerprint density at radius 2 is 1.05 bits per heavy atom. The summed E-state index contributed by atoms with van der Waals surface area (Å²) in [6, 6.07) is 23.0. The van der Waals surface area contributed by atoms with Gasteiger partial charge in [-0.1, -0.05) is 36.4 Å². The maximum Gasteiger partial charge on any atom is 0.416 e. The van der Waals surface area contributed by atoms with Crippen LogP contribution in [0.4, 0.5) is 24.5 Å². The van der Waals surface area contributed by atoms with Gasteiger partial charge in [0.25, 0.3) is 11.8 Å². The SMILES string of the molecule is O=C(Nc1ccc(C(F)(F)F)cc1)c1ccc(NC(=O)c2ccccc2-c2ccccc2C(=O)O)cc1. The molecule has 4 rings (SSSR count). The Balaban J connectivity index is 1.48. The lowest BCUT2D eigenvalue weighted by molar-refractivity contribution is -0.137. The summed E-state index contributed by atoms with van der Waals surface area (Å²) in [6.45, 7) is 0. The molecule has 6 nitrogen and oxygen atoms in total. The van der Waals surface area contributed by atoms with Gasteiger partial charge < -0.3 is 15.7 Å². The maximum atomic E-state index is 13.0. The first-order chi connectivity index (χ1) is 17.6. The molecule has 4 aromatic rings. The van der Waals surface area contributed by atoms with Crippen molar-refractivity contribution in [3.63, 3.8) is 0 Å². The predicted octanol–water partition coefficient (Wildman–Crippen LogP) is 6.58. The summed E-state index contributed by atoms with van der Waals surface area (Å²) in [5, 5.41) is 14.8. The summed E-state index contributed by atoms with van der Waals surface area (Å²) in [4.78, 5) is 37.1. The van der Waals surface area contributed by atoms with Gasteiger partial charge in [-0.3, -0.25) is 9.59 Å². The molecule has 0 radical (unpaired) electrons. The molecule has 186 valence electrons. The van der Waals surface area contributed by atoms with E-state index in [4.69, 9.17) is 0 Å². The minimum Gasteiger partial charge on any atom is -0.478 e. The molecule has 0 saturated heterocycles. The molecule has 9 heteroatoms. The highest BCUT2D eigenvalue weighted by Gasteiger charge is 2.30. The Hall–Kier alpha value is -4.92.